The van der Waals surface area contributed by atoms with Gasteiger partial charge in [0.15, 0.2) is 0 Å². The summed E-state index contributed by atoms with van der Waals surface area (Å²) >= 11 is 0. The minimum absolute atomic E-state index is 0.118. The van der Waals surface area contributed by atoms with Gasteiger partial charge in [-0.15, -0.1) is 0 Å². The van der Waals surface area contributed by atoms with Crippen molar-refractivity contribution in [3.63, 3.8) is 0 Å². The van der Waals surface area contributed by atoms with E-state index >= 15 is 0 Å². The molecular weight excluding hydrogens is 144 g/mol. The summed E-state index contributed by atoms with van der Waals surface area (Å²) in [6.07, 6.45) is 2.30. The highest BCUT2D eigenvalue weighted by Gasteiger charge is 2.08. The minimum Gasteiger partial charge on any atom is -0.457 e. The molecule has 0 radical (unpaired) electrons. The van der Waals surface area contributed by atoms with Crippen molar-refractivity contribution in [1.82, 2.24) is 0 Å². The van der Waals surface area contributed by atoms with Crippen LogP contribution in [0.2, 0.25) is 0 Å². The largest absolute Gasteiger partial charge is 0.457 e. The second-order valence-electron chi connectivity index (χ2n) is 2.23. The molecule has 11 heavy (non-hydrogen) atoms. The van der Waals surface area contributed by atoms with Crippen LogP contribution >= 0.6 is 0 Å². The second-order valence-corrected chi connectivity index (χ2v) is 2.23. The first kappa shape index (κ1) is 10.2. The summed E-state index contributed by atoms with van der Waals surface area (Å²) in [5.74, 6) is -0.475. The number of ether oxygens (including phenoxy) is 1. The van der Waals surface area contributed by atoms with Crippen LogP contribution < -0.4 is 0 Å². The number of aliphatic hydroxyl groups excluding tert-OH is 1. The van der Waals surface area contributed by atoms with Crippen LogP contribution in [-0.4, -0.2) is 23.8 Å². The van der Waals surface area contributed by atoms with Crippen LogP contribution in [0.1, 0.15) is 19.8 Å². The molecule has 64 valence electrons. The number of hydrogen-bond acceptors (Lipinski definition) is 3. The summed E-state index contributed by atoms with van der Waals surface area (Å²) < 4.78 is 4.78. The molecule has 0 aromatic heterocycles. The van der Waals surface area contributed by atoms with Gasteiger partial charge >= 0.3 is 5.97 Å². The predicted molar refractivity (Wildman–Crippen MR) is 42.1 cm³/mol. The van der Waals surface area contributed by atoms with E-state index in [9.17, 15) is 4.79 Å². The monoisotopic (exact) mass is 158 g/mol. The van der Waals surface area contributed by atoms with Gasteiger partial charge in [0.2, 0.25) is 0 Å². The highest BCUT2D eigenvalue weighted by molar-refractivity contribution is 5.81. The molecule has 3 heteroatoms. The Balaban J connectivity index is 3.67. The number of carbonyl (C=O) groups is 1. The van der Waals surface area contributed by atoms with Gasteiger partial charge in [-0.05, 0) is 6.42 Å². The number of esters is 1. The zero-order chi connectivity index (χ0) is 8.69. The maximum Gasteiger partial charge on any atom is 0.330 e. The van der Waals surface area contributed by atoms with Crippen molar-refractivity contribution in [1.29, 1.82) is 0 Å². The molecule has 0 spiro atoms. The third kappa shape index (κ3) is 4.56. The zero-order valence-corrected chi connectivity index (χ0v) is 6.75. The average Bonchev–Trinajstić information content (AvgIpc) is 2.03. The Morgan fingerprint density at radius 2 is 2.45 bits per heavy atom. The van der Waals surface area contributed by atoms with Crippen molar-refractivity contribution in [2.45, 2.75) is 25.9 Å². The Labute approximate surface area is 66.7 Å². The van der Waals surface area contributed by atoms with Gasteiger partial charge in [-0.1, -0.05) is 19.9 Å². The van der Waals surface area contributed by atoms with Crippen molar-refractivity contribution in [2.75, 3.05) is 6.61 Å². The van der Waals surface area contributed by atoms with Crippen molar-refractivity contribution < 1.29 is 14.6 Å². The van der Waals surface area contributed by atoms with Gasteiger partial charge in [0.1, 0.15) is 6.10 Å². The zero-order valence-electron chi connectivity index (χ0n) is 6.75. The van der Waals surface area contributed by atoms with Crippen LogP contribution in [0, 0.1) is 0 Å². The van der Waals surface area contributed by atoms with Crippen LogP contribution in [0.4, 0.5) is 0 Å². The van der Waals surface area contributed by atoms with E-state index in [1.54, 1.807) is 0 Å². The summed E-state index contributed by atoms with van der Waals surface area (Å²) in [5.41, 5.74) is 0. The van der Waals surface area contributed by atoms with Gasteiger partial charge in [0, 0.05) is 6.08 Å². The smallest absolute Gasteiger partial charge is 0.330 e. The molecule has 0 aromatic rings. The number of aliphatic hydroxyl groups is 1. The van der Waals surface area contributed by atoms with Gasteiger partial charge in [-0.25, -0.2) is 4.79 Å². The van der Waals surface area contributed by atoms with Crippen molar-refractivity contribution >= 4 is 5.97 Å². The molecule has 0 bridgehead atoms. The lowest BCUT2D eigenvalue weighted by Crippen LogP contribution is -2.20. The highest BCUT2D eigenvalue weighted by atomic mass is 16.5. The summed E-state index contributed by atoms with van der Waals surface area (Å²) in [6.45, 7) is 5.10. The average molecular weight is 158 g/mol. The first-order chi connectivity index (χ1) is 5.24. The summed E-state index contributed by atoms with van der Waals surface area (Å²) in [5, 5.41) is 8.69. The molecule has 1 N–H and O–H groups in total. The Hall–Kier alpha value is -0.830. The van der Waals surface area contributed by atoms with E-state index in [0.717, 1.165) is 12.5 Å². The molecule has 1 unspecified atom stereocenters. The van der Waals surface area contributed by atoms with Gasteiger partial charge in [0.25, 0.3) is 0 Å². The Kier molecular flexibility index (Phi) is 5.47. The quantitative estimate of drug-likeness (QED) is 0.477. The molecule has 0 amide bonds. The number of rotatable bonds is 5. The van der Waals surface area contributed by atoms with Gasteiger partial charge in [-0.3, -0.25) is 0 Å². The maximum atomic E-state index is 10.6. The van der Waals surface area contributed by atoms with E-state index in [1.165, 1.54) is 0 Å². The number of hydrogen-bond donors (Lipinski definition) is 1. The van der Waals surface area contributed by atoms with Crippen molar-refractivity contribution in [3.05, 3.63) is 12.7 Å². The van der Waals surface area contributed by atoms with Crippen LogP contribution in [0.3, 0.4) is 0 Å². The summed E-state index contributed by atoms with van der Waals surface area (Å²) in [4.78, 5) is 10.6. The third-order valence-corrected chi connectivity index (χ3v) is 1.26. The molecule has 3 nitrogen and oxygen atoms in total. The van der Waals surface area contributed by atoms with E-state index in [2.05, 4.69) is 6.58 Å². The minimum atomic E-state index is -0.475. The molecule has 0 aliphatic heterocycles. The SMILES string of the molecule is C=CC(=O)OC(CO)CCC. The molecule has 0 fully saturated rings. The fourth-order valence-corrected chi connectivity index (χ4v) is 0.722. The lowest BCUT2D eigenvalue weighted by molar-refractivity contribution is -0.145. The fourth-order valence-electron chi connectivity index (χ4n) is 0.722. The normalized spacial score (nSPS) is 12.2. The molecule has 0 aliphatic rings. The molecule has 0 rings (SSSR count). The van der Waals surface area contributed by atoms with Crippen LogP contribution in [0.5, 0.6) is 0 Å². The third-order valence-electron chi connectivity index (χ3n) is 1.26. The first-order valence-electron chi connectivity index (χ1n) is 3.68. The second kappa shape index (κ2) is 5.92. The lowest BCUT2D eigenvalue weighted by atomic mass is 10.2. The summed E-state index contributed by atoms with van der Waals surface area (Å²) in [6, 6.07) is 0. The van der Waals surface area contributed by atoms with E-state index < -0.39 is 5.97 Å². The van der Waals surface area contributed by atoms with E-state index in [4.69, 9.17) is 9.84 Å². The molecule has 0 saturated heterocycles. The Bertz CT molecular complexity index is 131. The molecule has 0 aliphatic carbocycles. The molecule has 1 atom stereocenters. The molecule has 0 heterocycles. The first-order valence-corrected chi connectivity index (χ1v) is 3.68. The van der Waals surface area contributed by atoms with E-state index in [1.807, 2.05) is 6.92 Å². The van der Waals surface area contributed by atoms with Crippen molar-refractivity contribution in [3.8, 4) is 0 Å². The Morgan fingerprint density at radius 3 is 2.82 bits per heavy atom. The van der Waals surface area contributed by atoms with Crippen LogP contribution in [-0.2, 0) is 9.53 Å². The predicted octanol–water partition coefficient (Wildman–Crippen LogP) is 0.877. The van der Waals surface area contributed by atoms with Crippen molar-refractivity contribution in [2.24, 2.45) is 0 Å². The number of carbonyl (C=O) groups excluding carboxylic acids is 1. The Morgan fingerprint density at radius 1 is 1.82 bits per heavy atom. The van der Waals surface area contributed by atoms with Crippen LogP contribution in [0.25, 0.3) is 0 Å². The lowest BCUT2D eigenvalue weighted by Gasteiger charge is -2.12. The van der Waals surface area contributed by atoms with Gasteiger partial charge in [0.05, 0.1) is 6.61 Å². The van der Waals surface area contributed by atoms with Gasteiger partial charge < -0.3 is 9.84 Å². The van der Waals surface area contributed by atoms with E-state index in [0.29, 0.717) is 6.42 Å². The summed E-state index contributed by atoms with van der Waals surface area (Å²) in [7, 11) is 0. The maximum absolute atomic E-state index is 10.6. The van der Waals surface area contributed by atoms with Gasteiger partial charge in [-0.2, -0.15) is 0 Å². The molecule has 0 saturated carbocycles. The topological polar surface area (TPSA) is 46.5 Å². The van der Waals surface area contributed by atoms with E-state index in [-0.39, 0.29) is 12.7 Å². The van der Waals surface area contributed by atoms with Crippen LogP contribution in [0.15, 0.2) is 12.7 Å². The highest BCUT2D eigenvalue weighted by Crippen LogP contribution is 2.01. The molecular formula is C8H14O3. The molecule has 0 aromatic carbocycles. The standard InChI is InChI=1S/C8H14O3/c1-3-5-7(6-9)11-8(10)4-2/h4,7,9H,2-3,5-6H2,1H3. The fraction of sp³-hybridized carbons (Fsp3) is 0.625.